The summed E-state index contributed by atoms with van der Waals surface area (Å²) >= 11 is 1.23. The molecule has 1 amide bonds. The van der Waals surface area contributed by atoms with Crippen LogP contribution in [0.2, 0.25) is 0 Å². The Hall–Kier alpha value is -3.34. The van der Waals surface area contributed by atoms with Gasteiger partial charge in [-0.05, 0) is 78.6 Å². The molecule has 0 spiro atoms. The van der Waals surface area contributed by atoms with Crippen LogP contribution < -0.4 is 25.4 Å². The number of anilines is 2. The number of hydrogen-bond donors (Lipinski definition) is 5. The number of carbonyl (C=O) groups is 1. The molecule has 5 N–H and O–H groups in total. The zero-order chi connectivity index (χ0) is 32.8. The first-order chi connectivity index (χ1) is 21.2. The fraction of sp³-hybridized carbons (Fsp3) is 0.500. The van der Waals surface area contributed by atoms with Crippen LogP contribution in [0.3, 0.4) is 0 Å². The Bertz CT molecular complexity index is 1570. The molecule has 1 saturated heterocycles. The summed E-state index contributed by atoms with van der Waals surface area (Å²) in [5.74, 6) is 0.681. The van der Waals surface area contributed by atoms with E-state index in [-0.39, 0.29) is 22.6 Å². The summed E-state index contributed by atoms with van der Waals surface area (Å²) in [5.41, 5.74) is 0.830. The zero-order valence-corrected chi connectivity index (χ0v) is 28.0. The molecule has 246 valence electrons. The lowest BCUT2D eigenvalue weighted by molar-refractivity contribution is -0.105. The minimum Gasteiger partial charge on any atom is -0.494 e. The van der Waals surface area contributed by atoms with Crippen molar-refractivity contribution in [2.45, 2.75) is 70.4 Å². The van der Waals surface area contributed by atoms with Crippen molar-refractivity contribution < 1.29 is 32.5 Å². The van der Waals surface area contributed by atoms with E-state index in [1.165, 1.54) is 30.7 Å². The maximum Gasteiger partial charge on any atom is 0.411 e. The van der Waals surface area contributed by atoms with Crippen LogP contribution >= 0.6 is 11.3 Å². The lowest BCUT2D eigenvalue weighted by atomic mass is 9.99. The van der Waals surface area contributed by atoms with E-state index in [1.54, 1.807) is 59.0 Å². The van der Waals surface area contributed by atoms with E-state index >= 15 is 0 Å². The van der Waals surface area contributed by atoms with Crippen LogP contribution in [0.1, 0.15) is 47.5 Å². The lowest BCUT2D eigenvalue weighted by Gasteiger charge is -2.22. The first-order valence-electron chi connectivity index (χ1n) is 14.7. The molecular formula is C30H42N6O7S2. The lowest BCUT2D eigenvalue weighted by Crippen LogP contribution is -2.40. The Morgan fingerprint density at radius 1 is 1.13 bits per heavy atom. The number of sulfonamides is 1. The number of aromatic nitrogens is 2. The van der Waals surface area contributed by atoms with Crippen LogP contribution in [-0.2, 0) is 19.5 Å². The summed E-state index contributed by atoms with van der Waals surface area (Å²) in [5, 5.41) is 19.3. The van der Waals surface area contributed by atoms with Gasteiger partial charge in [0.05, 0.1) is 41.5 Å². The van der Waals surface area contributed by atoms with Crippen molar-refractivity contribution in [3.05, 3.63) is 36.7 Å². The average molecular weight is 663 g/mol. The number of piperidine rings is 1. The first-order valence-corrected chi connectivity index (χ1v) is 17.0. The number of benzene rings is 1. The van der Waals surface area contributed by atoms with Gasteiger partial charge in [0.15, 0.2) is 0 Å². The number of pyridine rings is 1. The third-order valence-corrected chi connectivity index (χ3v) is 9.44. The molecule has 0 radical (unpaired) electrons. The van der Waals surface area contributed by atoms with E-state index in [0.717, 1.165) is 25.9 Å². The van der Waals surface area contributed by atoms with E-state index < -0.39 is 28.1 Å². The molecule has 15 heteroatoms. The third-order valence-electron chi connectivity index (χ3n) is 6.60. The number of nitrogens with zero attached hydrogens (tertiary/aromatic N) is 2. The van der Waals surface area contributed by atoms with Crippen LogP contribution in [0.4, 0.5) is 16.2 Å². The second-order valence-electron chi connectivity index (χ2n) is 12.0. The molecule has 0 bridgehead atoms. The predicted octanol–water partition coefficient (Wildman–Crippen LogP) is 4.62. The number of rotatable bonds is 12. The summed E-state index contributed by atoms with van der Waals surface area (Å²) in [7, 11) is -2.54. The predicted molar refractivity (Wildman–Crippen MR) is 174 cm³/mol. The van der Waals surface area contributed by atoms with Gasteiger partial charge in [0.2, 0.25) is 16.4 Å². The van der Waals surface area contributed by atoms with Gasteiger partial charge in [0.1, 0.15) is 16.5 Å². The van der Waals surface area contributed by atoms with Crippen LogP contribution in [0.25, 0.3) is 21.1 Å². The first kappa shape index (κ1) is 34.5. The highest BCUT2D eigenvalue weighted by atomic mass is 32.2. The molecule has 1 aromatic carbocycles. The highest BCUT2D eigenvalue weighted by Crippen LogP contribution is 2.39. The number of hydrogen-bond acceptors (Lipinski definition) is 12. The Morgan fingerprint density at radius 3 is 2.53 bits per heavy atom. The highest BCUT2D eigenvalue weighted by molar-refractivity contribution is 7.89. The second-order valence-corrected chi connectivity index (χ2v) is 14.7. The van der Waals surface area contributed by atoms with Crippen LogP contribution in [0.5, 0.6) is 5.75 Å². The fourth-order valence-corrected chi connectivity index (χ4v) is 7.35. The quantitative estimate of drug-likeness (QED) is 0.171. The molecule has 1 aliphatic heterocycles. The van der Waals surface area contributed by atoms with Gasteiger partial charge in [0.25, 0.3) is 0 Å². The summed E-state index contributed by atoms with van der Waals surface area (Å²) in [6.45, 7) is 10.9. The molecule has 3 aromatic rings. The number of thiazole rings is 1. The van der Waals surface area contributed by atoms with Gasteiger partial charge < -0.3 is 30.0 Å². The minimum absolute atomic E-state index is 0.0256. The van der Waals surface area contributed by atoms with E-state index in [4.69, 9.17) is 14.2 Å². The van der Waals surface area contributed by atoms with Gasteiger partial charge in [0, 0.05) is 29.1 Å². The Labute approximate surface area is 268 Å². The molecule has 1 aliphatic rings. The van der Waals surface area contributed by atoms with Crippen LogP contribution in [0, 0.1) is 5.92 Å². The van der Waals surface area contributed by atoms with Crippen molar-refractivity contribution in [3.63, 3.8) is 0 Å². The number of carbonyl (C=O) groups excluding carboxylic acids is 1. The summed E-state index contributed by atoms with van der Waals surface area (Å²) in [4.78, 5) is 22.1. The standard InChI is InChI=1S/C30H42N6O7S2/c1-18(2)43-29(38)35-21-13-23(41-6)26(32-15-21)27-33-16-24(44-27)22-8-7-20(14-25(22)45(39,40)36-30(3,4)5)34-28(37)42-17-19-9-11-31-12-10-19/h7-8,13-16,18-19,29,31,35-36,38H,9-12,17H2,1-6H3,(H,34,37). The second kappa shape index (κ2) is 14.8. The van der Waals surface area contributed by atoms with Gasteiger partial charge in [-0.3, -0.25) is 5.32 Å². The molecule has 1 unspecified atom stereocenters. The Kier molecular flexibility index (Phi) is 11.4. The number of amides is 1. The molecule has 13 nitrogen and oxygen atoms in total. The van der Waals surface area contributed by atoms with E-state index in [9.17, 15) is 18.3 Å². The van der Waals surface area contributed by atoms with Gasteiger partial charge >= 0.3 is 6.09 Å². The number of nitrogens with one attached hydrogen (secondary N) is 4. The zero-order valence-electron chi connectivity index (χ0n) is 26.3. The van der Waals surface area contributed by atoms with Gasteiger partial charge in [-0.2, -0.15) is 0 Å². The van der Waals surface area contributed by atoms with Crippen LogP contribution in [-0.4, -0.2) is 74.4 Å². The molecule has 3 heterocycles. The van der Waals surface area contributed by atoms with Gasteiger partial charge in [-0.1, -0.05) is 6.07 Å². The monoisotopic (exact) mass is 662 g/mol. The smallest absolute Gasteiger partial charge is 0.411 e. The van der Waals surface area contributed by atoms with E-state index in [1.807, 2.05) is 0 Å². The number of aliphatic hydroxyl groups excluding tert-OH is 1. The number of aliphatic hydroxyl groups is 1. The third kappa shape index (κ3) is 9.82. The Balaban J connectivity index is 1.61. The van der Waals surface area contributed by atoms with Crippen molar-refractivity contribution in [1.82, 2.24) is 20.0 Å². The van der Waals surface area contributed by atoms with Crippen molar-refractivity contribution in [2.24, 2.45) is 5.92 Å². The molecule has 1 atom stereocenters. The largest absolute Gasteiger partial charge is 0.494 e. The number of ether oxygens (including phenoxy) is 3. The van der Waals surface area contributed by atoms with Crippen molar-refractivity contribution in [2.75, 3.05) is 37.4 Å². The molecular weight excluding hydrogens is 620 g/mol. The van der Waals surface area contributed by atoms with Crippen molar-refractivity contribution >= 4 is 38.8 Å². The molecule has 2 aromatic heterocycles. The van der Waals surface area contributed by atoms with Crippen LogP contribution in [0.15, 0.2) is 41.6 Å². The van der Waals surface area contributed by atoms with E-state index in [0.29, 0.717) is 39.2 Å². The molecule has 4 rings (SSSR count). The molecule has 45 heavy (non-hydrogen) atoms. The maximum absolute atomic E-state index is 13.6. The molecule has 1 fully saturated rings. The minimum atomic E-state index is -4.03. The number of methoxy groups -OCH3 is 1. The van der Waals surface area contributed by atoms with Crippen molar-refractivity contribution in [3.8, 4) is 26.9 Å². The highest BCUT2D eigenvalue weighted by Gasteiger charge is 2.27. The van der Waals surface area contributed by atoms with E-state index in [2.05, 4.69) is 30.6 Å². The average Bonchev–Trinajstić information content (AvgIpc) is 3.45. The molecule has 0 saturated carbocycles. The van der Waals surface area contributed by atoms with Gasteiger partial charge in [-0.15, -0.1) is 11.3 Å². The SMILES string of the molecule is COc1cc(NC(O)OC(C)C)cnc1-c1ncc(-c2ccc(NC(=O)OCC3CCNCC3)cc2S(=O)(=O)NC(C)(C)C)s1. The van der Waals surface area contributed by atoms with Crippen molar-refractivity contribution in [1.29, 1.82) is 0 Å². The Morgan fingerprint density at radius 2 is 1.87 bits per heavy atom. The summed E-state index contributed by atoms with van der Waals surface area (Å²) < 4.78 is 46.3. The summed E-state index contributed by atoms with van der Waals surface area (Å²) in [6, 6.07) is 6.33. The summed E-state index contributed by atoms with van der Waals surface area (Å²) in [6.07, 6.45) is 2.87. The normalized spacial score (nSPS) is 15.1. The topological polar surface area (TPSA) is 173 Å². The van der Waals surface area contributed by atoms with Gasteiger partial charge in [-0.25, -0.2) is 27.9 Å². The fourth-order valence-electron chi connectivity index (χ4n) is 4.66. The molecule has 0 aliphatic carbocycles. The maximum atomic E-state index is 13.6.